The van der Waals surface area contributed by atoms with Gasteiger partial charge in [0.25, 0.3) is 0 Å². The van der Waals surface area contributed by atoms with Gasteiger partial charge in [-0.2, -0.15) is 0 Å². The number of rotatable bonds is 41. The molecule has 0 aromatic heterocycles. The summed E-state index contributed by atoms with van der Waals surface area (Å²) in [5, 5.41) is 24.0. The van der Waals surface area contributed by atoms with Gasteiger partial charge in [-0.1, -0.05) is 172 Å². The number of aliphatic hydroxyl groups excluding tert-OH is 2. The first kappa shape index (κ1) is 52.7. The van der Waals surface area contributed by atoms with Crippen LogP contribution in [0.3, 0.4) is 0 Å². The maximum atomic E-state index is 12.8. The van der Waals surface area contributed by atoms with Gasteiger partial charge < -0.3 is 26.2 Å². The van der Waals surface area contributed by atoms with Gasteiger partial charge in [0.1, 0.15) is 0 Å². The number of hydrogen-bond donors (Lipinski definition) is 5. The molecule has 0 aliphatic heterocycles. The predicted molar refractivity (Wildman–Crippen MR) is 227 cm³/mol. The van der Waals surface area contributed by atoms with Gasteiger partial charge >= 0.3 is 7.82 Å². The third-order valence-corrected chi connectivity index (χ3v) is 10.7. The summed E-state index contributed by atoms with van der Waals surface area (Å²) in [6, 6.07) is -1.00. The van der Waals surface area contributed by atoms with Crippen LogP contribution >= 0.6 is 7.82 Å². The third-order valence-electron chi connectivity index (χ3n) is 9.74. The average molecular weight is 785 g/mol. The summed E-state index contributed by atoms with van der Waals surface area (Å²) in [5.41, 5.74) is 5.36. The molecule has 318 valence electrons. The highest BCUT2D eigenvalue weighted by atomic mass is 31.2. The third kappa shape index (κ3) is 37.6. The van der Waals surface area contributed by atoms with Crippen LogP contribution in [0.2, 0.25) is 0 Å². The first-order valence-corrected chi connectivity index (χ1v) is 23.7. The molecule has 9 nitrogen and oxygen atoms in total. The molecule has 0 aliphatic carbocycles. The van der Waals surface area contributed by atoms with E-state index in [4.69, 9.17) is 14.8 Å². The Morgan fingerprint density at radius 2 is 1.06 bits per heavy atom. The zero-order valence-electron chi connectivity index (χ0n) is 34.8. The highest BCUT2D eigenvalue weighted by Gasteiger charge is 2.27. The molecule has 0 fully saturated rings. The van der Waals surface area contributed by atoms with Crippen LogP contribution in [0.15, 0.2) is 36.5 Å². The van der Waals surface area contributed by atoms with E-state index >= 15 is 0 Å². The Bertz CT molecular complexity index is 961. The van der Waals surface area contributed by atoms with Crippen molar-refractivity contribution in [1.29, 1.82) is 0 Å². The van der Waals surface area contributed by atoms with Gasteiger partial charge in [-0.3, -0.25) is 13.8 Å². The number of carbonyl (C=O) groups excluding carboxylic acids is 1. The SMILES string of the molecule is CCCCCCCCCC/C=C/CC/C=C/C(O)C(COP(=O)(O)OCCN)NC(=O)CC(O)CCCCCCC/C=C\CCCCCCCCCCC. The van der Waals surface area contributed by atoms with Crippen LogP contribution in [0.25, 0.3) is 0 Å². The number of allylic oxidation sites excluding steroid dienone is 5. The van der Waals surface area contributed by atoms with Gasteiger partial charge in [-0.25, -0.2) is 4.57 Å². The fraction of sp³-hybridized carbons (Fsp3) is 0.841. The first-order chi connectivity index (χ1) is 26.3. The average Bonchev–Trinajstić information content (AvgIpc) is 3.15. The second-order valence-electron chi connectivity index (χ2n) is 15.1. The molecule has 0 heterocycles. The number of hydrogen-bond acceptors (Lipinski definition) is 7. The molecule has 0 radical (unpaired) electrons. The summed E-state index contributed by atoms with van der Waals surface area (Å²) in [4.78, 5) is 22.7. The van der Waals surface area contributed by atoms with Crippen LogP contribution in [0, 0.1) is 0 Å². The van der Waals surface area contributed by atoms with E-state index in [1.165, 1.54) is 122 Å². The molecule has 54 heavy (non-hydrogen) atoms. The lowest BCUT2D eigenvalue weighted by atomic mass is 10.0. The molecule has 0 bridgehead atoms. The molecule has 0 spiro atoms. The molecule has 0 aliphatic rings. The minimum Gasteiger partial charge on any atom is -0.393 e. The summed E-state index contributed by atoms with van der Waals surface area (Å²) in [6.45, 7) is 3.94. The fourth-order valence-corrected chi connectivity index (χ4v) is 7.12. The molecule has 10 heteroatoms. The molecule has 0 saturated heterocycles. The monoisotopic (exact) mass is 785 g/mol. The molecule has 0 rings (SSSR count). The van der Waals surface area contributed by atoms with Crippen LogP contribution in [-0.2, 0) is 18.4 Å². The molecule has 0 aromatic carbocycles. The minimum atomic E-state index is -4.41. The number of carbonyl (C=O) groups is 1. The molecule has 6 N–H and O–H groups in total. The standard InChI is InChI=1S/C44H85N2O7P/c1-3-5-7-9-11-13-15-17-19-20-21-22-23-25-27-29-31-33-35-41(47)39-44(49)46-42(40-53-54(50,51)52-38-37-45)43(48)36-34-32-30-28-26-24-18-16-14-12-10-8-6-4-2/h21-22,26,28,34,36,41-43,47-48H,3-20,23-25,27,29-33,35,37-40,45H2,1-2H3,(H,46,49)(H,50,51)/b22-21-,28-26+,36-34+. The highest BCUT2D eigenvalue weighted by molar-refractivity contribution is 7.47. The Morgan fingerprint density at radius 3 is 1.54 bits per heavy atom. The summed E-state index contributed by atoms with van der Waals surface area (Å²) >= 11 is 0. The maximum Gasteiger partial charge on any atom is 0.472 e. The van der Waals surface area contributed by atoms with E-state index in [1.54, 1.807) is 6.08 Å². The number of nitrogens with one attached hydrogen (secondary N) is 1. The summed E-state index contributed by atoms with van der Waals surface area (Å²) < 4.78 is 22.0. The minimum absolute atomic E-state index is 0.0434. The van der Waals surface area contributed by atoms with E-state index in [9.17, 15) is 24.5 Å². The van der Waals surface area contributed by atoms with E-state index in [0.717, 1.165) is 44.9 Å². The van der Waals surface area contributed by atoms with Gasteiger partial charge in [0.05, 0.1) is 37.9 Å². The van der Waals surface area contributed by atoms with Crippen LogP contribution in [-0.4, -0.2) is 59.0 Å². The lowest BCUT2D eigenvalue weighted by molar-refractivity contribution is -0.124. The zero-order chi connectivity index (χ0) is 39.8. The van der Waals surface area contributed by atoms with Gasteiger partial charge in [0.2, 0.25) is 5.91 Å². The number of unbranched alkanes of at least 4 members (excludes halogenated alkanes) is 23. The largest absolute Gasteiger partial charge is 0.472 e. The van der Waals surface area contributed by atoms with Crippen LogP contribution in [0.4, 0.5) is 0 Å². The molecule has 0 saturated carbocycles. The molecule has 0 aromatic rings. The van der Waals surface area contributed by atoms with E-state index in [0.29, 0.717) is 12.8 Å². The molecule has 1 amide bonds. The van der Waals surface area contributed by atoms with Crippen molar-refractivity contribution in [3.8, 4) is 0 Å². The smallest absolute Gasteiger partial charge is 0.393 e. The van der Waals surface area contributed by atoms with Crippen molar-refractivity contribution < 1.29 is 33.5 Å². The second kappa shape index (κ2) is 39.9. The zero-order valence-corrected chi connectivity index (χ0v) is 35.7. The maximum absolute atomic E-state index is 12.8. The molecule has 4 atom stereocenters. The first-order valence-electron chi connectivity index (χ1n) is 22.2. The number of phosphoric acid groups is 1. The second-order valence-corrected chi connectivity index (χ2v) is 16.5. The molecular formula is C44H85N2O7P. The van der Waals surface area contributed by atoms with Crippen LogP contribution in [0.5, 0.6) is 0 Å². The van der Waals surface area contributed by atoms with E-state index in [-0.39, 0.29) is 19.6 Å². The fourth-order valence-electron chi connectivity index (χ4n) is 6.36. The van der Waals surface area contributed by atoms with Crippen LogP contribution in [0.1, 0.15) is 200 Å². The Balaban J connectivity index is 4.34. The van der Waals surface area contributed by atoms with Crippen molar-refractivity contribution in [2.45, 2.75) is 218 Å². The Kier molecular flexibility index (Phi) is 38.9. The van der Waals surface area contributed by atoms with Gasteiger partial charge in [0, 0.05) is 6.54 Å². The Morgan fingerprint density at radius 1 is 0.630 bits per heavy atom. The predicted octanol–water partition coefficient (Wildman–Crippen LogP) is 11.3. The normalized spacial score (nSPS) is 15.0. The topological polar surface area (TPSA) is 151 Å². The van der Waals surface area contributed by atoms with Gasteiger partial charge in [-0.05, 0) is 57.8 Å². The number of nitrogens with two attached hydrogens (primary N) is 1. The highest BCUT2D eigenvalue weighted by Crippen LogP contribution is 2.43. The van der Waals surface area contributed by atoms with Crippen molar-refractivity contribution in [3.05, 3.63) is 36.5 Å². The molecular weight excluding hydrogens is 699 g/mol. The Labute approximate surface area is 332 Å². The lowest BCUT2D eigenvalue weighted by Gasteiger charge is -2.24. The lowest BCUT2D eigenvalue weighted by Crippen LogP contribution is -2.46. The molecule has 4 unspecified atom stereocenters. The number of aliphatic hydroxyl groups is 2. The van der Waals surface area contributed by atoms with Crippen molar-refractivity contribution in [2.75, 3.05) is 19.8 Å². The Hall–Kier alpha value is -1.32. The van der Waals surface area contributed by atoms with Crippen molar-refractivity contribution in [1.82, 2.24) is 5.32 Å². The van der Waals surface area contributed by atoms with Crippen molar-refractivity contribution >= 4 is 13.7 Å². The van der Waals surface area contributed by atoms with Crippen LogP contribution < -0.4 is 11.1 Å². The number of amides is 1. The van der Waals surface area contributed by atoms with E-state index in [2.05, 4.69) is 43.5 Å². The van der Waals surface area contributed by atoms with Gasteiger partial charge in [0.15, 0.2) is 0 Å². The van der Waals surface area contributed by atoms with E-state index < -0.39 is 38.6 Å². The summed E-state index contributed by atoms with van der Waals surface area (Å²) in [5.74, 6) is -0.461. The summed E-state index contributed by atoms with van der Waals surface area (Å²) in [6.07, 6.45) is 43.7. The number of phosphoric ester groups is 1. The quantitative estimate of drug-likeness (QED) is 0.0233. The van der Waals surface area contributed by atoms with Crippen molar-refractivity contribution in [3.63, 3.8) is 0 Å². The van der Waals surface area contributed by atoms with Gasteiger partial charge in [-0.15, -0.1) is 0 Å². The summed E-state index contributed by atoms with van der Waals surface area (Å²) in [7, 11) is -4.41. The van der Waals surface area contributed by atoms with Crippen molar-refractivity contribution in [2.24, 2.45) is 5.73 Å². The van der Waals surface area contributed by atoms with E-state index in [1.807, 2.05) is 6.08 Å².